The number of anilines is 1. The van der Waals surface area contributed by atoms with Crippen LogP contribution in [0.1, 0.15) is 71.0 Å². The molecule has 1 saturated carbocycles. The van der Waals surface area contributed by atoms with Crippen LogP contribution in [0.2, 0.25) is 0 Å². The van der Waals surface area contributed by atoms with Crippen LogP contribution in [0, 0.1) is 11.8 Å². The molecule has 0 spiro atoms. The Bertz CT molecular complexity index is 1450. The fraction of sp³-hybridized carbons (Fsp3) is 0.306. The lowest BCUT2D eigenvalue weighted by atomic mass is 9.94. The molecular weight excluding hydrogens is 524 g/mol. The summed E-state index contributed by atoms with van der Waals surface area (Å²) in [5.74, 6) is 2.47. The zero-order valence-corrected chi connectivity index (χ0v) is 24.1. The average Bonchev–Trinajstić information content (AvgIpc) is 3.25. The molecule has 1 aromatic heterocycles. The van der Waals surface area contributed by atoms with E-state index in [0.29, 0.717) is 41.9 Å². The molecule has 1 aliphatic rings. The van der Waals surface area contributed by atoms with Gasteiger partial charge in [0.2, 0.25) is 0 Å². The molecule has 0 bridgehead atoms. The van der Waals surface area contributed by atoms with Crippen molar-refractivity contribution in [3.8, 4) is 11.5 Å². The molecule has 6 nitrogen and oxygen atoms in total. The standard InChI is InChI=1S/C36H38N2O4/c1-26(39)31-11-6-12-35(22-31)42-25-29-10-5-9-27(13-14-29)21-32-17-18-33(23-37-32)38-36(40)30-15-19-34(20-16-30)41-24-28-7-3-2-4-8-28/h2-4,6-8,11-12,15-20,22-23,27,29H,5,9-10,13-14,21,24-25H2,1H3,(H,38,40). The van der Waals surface area contributed by atoms with Gasteiger partial charge >= 0.3 is 0 Å². The summed E-state index contributed by atoms with van der Waals surface area (Å²) in [6.07, 6.45) is 8.47. The van der Waals surface area contributed by atoms with E-state index in [1.807, 2.05) is 78.9 Å². The van der Waals surface area contributed by atoms with Crippen molar-refractivity contribution in [3.05, 3.63) is 120 Å². The molecule has 0 aliphatic heterocycles. The van der Waals surface area contributed by atoms with Gasteiger partial charge in [-0.05, 0) is 98.5 Å². The molecule has 6 heteroatoms. The van der Waals surface area contributed by atoms with E-state index in [4.69, 9.17) is 9.47 Å². The SMILES string of the molecule is CC(=O)c1cccc(OCC2CCCC(Cc3ccc(NC(=O)c4ccc(OCc5ccccc5)cc4)cn3)CC2)c1. The molecule has 2 atom stereocenters. The minimum absolute atomic E-state index is 0.0531. The van der Waals surface area contributed by atoms with Crippen LogP contribution < -0.4 is 14.8 Å². The van der Waals surface area contributed by atoms with Gasteiger partial charge < -0.3 is 14.8 Å². The number of pyridine rings is 1. The predicted octanol–water partition coefficient (Wildman–Crippen LogP) is 7.93. The maximum absolute atomic E-state index is 12.8. The molecule has 0 saturated heterocycles. The molecule has 1 fully saturated rings. The topological polar surface area (TPSA) is 77.5 Å². The largest absolute Gasteiger partial charge is 0.493 e. The number of rotatable bonds is 11. The first-order valence-electron chi connectivity index (χ1n) is 14.8. The van der Waals surface area contributed by atoms with Gasteiger partial charge in [0, 0.05) is 16.8 Å². The minimum Gasteiger partial charge on any atom is -0.493 e. The second-order valence-electron chi connectivity index (χ2n) is 11.1. The molecule has 3 aromatic carbocycles. The average molecular weight is 563 g/mol. The van der Waals surface area contributed by atoms with Crippen molar-refractivity contribution in [2.45, 2.75) is 52.1 Å². The highest BCUT2D eigenvalue weighted by molar-refractivity contribution is 6.04. The monoisotopic (exact) mass is 562 g/mol. The third kappa shape index (κ3) is 8.53. The normalized spacial score (nSPS) is 16.7. The third-order valence-corrected chi connectivity index (χ3v) is 7.88. The molecule has 0 radical (unpaired) electrons. The Labute approximate surface area is 248 Å². The Balaban J connectivity index is 1.05. The Morgan fingerprint density at radius 3 is 2.33 bits per heavy atom. The number of benzene rings is 3. The molecule has 42 heavy (non-hydrogen) atoms. The van der Waals surface area contributed by atoms with Crippen molar-refractivity contribution in [1.82, 2.24) is 4.98 Å². The van der Waals surface area contributed by atoms with E-state index >= 15 is 0 Å². The summed E-state index contributed by atoms with van der Waals surface area (Å²) in [6.45, 7) is 2.75. The first-order valence-corrected chi connectivity index (χ1v) is 14.8. The molecule has 5 rings (SSSR count). The Hall–Kier alpha value is -4.45. The van der Waals surface area contributed by atoms with E-state index in [9.17, 15) is 9.59 Å². The zero-order chi connectivity index (χ0) is 29.1. The third-order valence-electron chi connectivity index (χ3n) is 7.88. The van der Waals surface area contributed by atoms with Crippen molar-refractivity contribution in [2.24, 2.45) is 11.8 Å². The Morgan fingerprint density at radius 1 is 0.786 bits per heavy atom. The second-order valence-corrected chi connectivity index (χ2v) is 11.1. The van der Waals surface area contributed by atoms with Crippen LogP contribution in [0.3, 0.4) is 0 Å². The summed E-state index contributed by atoms with van der Waals surface area (Å²) in [5.41, 5.74) is 4.08. The van der Waals surface area contributed by atoms with E-state index in [1.54, 1.807) is 25.3 Å². The lowest BCUT2D eigenvalue weighted by molar-refractivity contribution is 0.101. The van der Waals surface area contributed by atoms with E-state index in [2.05, 4.69) is 10.3 Å². The van der Waals surface area contributed by atoms with Crippen LogP contribution in [0.15, 0.2) is 97.2 Å². The van der Waals surface area contributed by atoms with Crippen LogP contribution in [0.25, 0.3) is 0 Å². The summed E-state index contributed by atoms with van der Waals surface area (Å²) in [6, 6.07) is 28.5. The van der Waals surface area contributed by atoms with Gasteiger partial charge in [0.25, 0.3) is 5.91 Å². The second kappa shape index (κ2) is 14.4. The summed E-state index contributed by atoms with van der Waals surface area (Å²) >= 11 is 0. The van der Waals surface area contributed by atoms with Crippen molar-refractivity contribution >= 4 is 17.4 Å². The minimum atomic E-state index is -0.177. The van der Waals surface area contributed by atoms with Crippen LogP contribution >= 0.6 is 0 Å². The number of amides is 1. The highest BCUT2D eigenvalue weighted by Gasteiger charge is 2.20. The smallest absolute Gasteiger partial charge is 0.255 e. The molecule has 2 unspecified atom stereocenters. The first kappa shape index (κ1) is 29.1. The van der Waals surface area contributed by atoms with Crippen molar-refractivity contribution in [2.75, 3.05) is 11.9 Å². The lowest BCUT2D eigenvalue weighted by Crippen LogP contribution is -2.13. The Morgan fingerprint density at radius 2 is 1.57 bits per heavy atom. The molecule has 1 aliphatic carbocycles. The number of carbonyl (C=O) groups is 2. The fourth-order valence-corrected chi connectivity index (χ4v) is 5.41. The molecule has 1 amide bonds. The molecule has 216 valence electrons. The van der Waals surface area contributed by atoms with E-state index < -0.39 is 0 Å². The molecule has 1 N–H and O–H groups in total. The molecule has 1 heterocycles. The summed E-state index contributed by atoms with van der Waals surface area (Å²) in [7, 11) is 0. The van der Waals surface area contributed by atoms with Crippen molar-refractivity contribution in [1.29, 1.82) is 0 Å². The van der Waals surface area contributed by atoms with Crippen molar-refractivity contribution < 1.29 is 19.1 Å². The number of carbonyl (C=O) groups excluding carboxylic acids is 2. The van der Waals surface area contributed by atoms with Crippen LogP contribution in [0.4, 0.5) is 5.69 Å². The van der Waals surface area contributed by atoms with Gasteiger partial charge in [0.15, 0.2) is 5.78 Å². The van der Waals surface area contributed by atoms with E-state index in [0.717, 1.165) is 48.4 Å². The summed E-state index contributed by atoms with van der Waals surface area (Å²) in [5, 5.41) is 2.94. The van der Waals surface area contributed by atoms with Gasteiger partial charge in [-0.1, -0.05) is 55.3 Å². The number of Topliss-reactive ketones (excluding diaryl/α,β-unsaturated/α-hetero) is 1. The maximum atomic E-state index is 12.8. The number of hydrogen-bond donors (Lipinski definition) is 1. The number of nitrogens with one attached hydrogen (secondary N) is 1. The number of ether oxygens (including phenoxy) is 2. The molecular formula is C36H38N2O4. The Kier molecular flexibility index (Phi) is 9.99. The van der Waals surface area contributed by atoms with Gasteiger partial charge in [-0.15, -0.1) is 0 Å². The predicted molar refractivity (Wildman–Crippen MR) is 165 cm³/mol. The summed E-state index contributed by atoms with van der Waals surface area (Å²) < 4.78 is 11.9. The van der Waals surface area contributed by atoms with Crippen molar-refractivity contribution in [3.63, 3.8) is 0 Å². The fourth-order valence-electron chi connectivity index (χ4n) is 5.41. The van der Waals surface area contributed by atoms with Gasteiger partial charge in [0.05, 0.1) is 18.5 Å². The number of hydrogen-bond acceptors (Lipinski definition) is 5. The van der Waals surface area contributed by atoms with Gasteiger partial charge in [0.1, 0.15) is 18.1 Å². The lowest BCUT2D eigenvalue weighted by Gasteiger charge is -2.16. The first-order chi connectivity index (χ1) is 20.5. The number of nitrogens with zero attached hydrogens (tertiary/aromatic N) is 1. The van der Waals surface area contributed by atoms with Crippen LogP contribution in [-0.4, -0.2) is 23.3 Å². The highest BCUT2D eigenvalue weighted by Crippen LogP contribution is 2.30. The van der Waals surface area contributed by atoms with Gasteiger partial charge in [-0.3, -0.25) is 14.6 Å². The molecule has 4 aromatic rings. The summed E-state index contributed by atoms with van der Waals surface area (Å²) in [4.78, 5) is 29.0. The van der Waals surface area contributed by atoms with E-state index in [1.165, 1.54) is 12.8 Å². The van der Waals surface area contributed by atoms with E-state index in [-0.39, 0.29) is 11.7 Å². The van der Waals surface area contributed by atoms with Gasteiger partial charge in [-0.25, -0.2) is 0 Å². The number of ketones is 1. The zero-order valence-electron chi connectivity index (χ0n) is 24.1. The maximum Gasteiger partial charge on any atom is 0.255 e. The quantitative estimate of drug-likeness (QED) is 0.148. The number of aromatic nitrogens is 1. The van der Waals surface area contributed by atoms with Gasteiger partial charge in [-0.2, -0.15) is 0 Å². The highest BCUT2D eigenvalue weighted by atomic mass is 16.5. The van der Waals surface area contributed by atoms with Crippen LogP contribution in [-0.2, 0) is 13.0 Å². The van der Waals surface area contributed by atoms with Crippen LogP contribution in [0.5, 0.6) is 11.5 Å².